The molecule has 5 rings (SSSR count). The number of nitrogens with zero attached hydrogens (tertiary/aromatic N) is 1. The summed E-state index contributed by atoms with van der Waals surface area (Å²) in [5, 5.41) is 13.2. The van der Waals surface area contributed by atoms with Crippen LogP contribution in [0.25, 0.3) is 43.9 Å². The molecule has 4 aromatic carbocycles. The third-order valence-corrected chi connectivity index (χ3v) is 10.3. The molecule has 0 bridgehead atoms. The summed E-state index contributed by atoms with van der Waals surface area (Å²) in [6.45, 7) is 16.1. The first-order valence-corrected chi connectivity index (χ1v) is 17.0. The molecule has 1 N–H and O–H groups in total. The van der Waals surface area contributed by atoms with Crippen LogP contribution in [0, 0.1) is 30.7 Å². The van der Waals surface area contributed by atoms with Crippen molar-refractivity contribution in [3.63, 3.8) is 0 Å². The van der Waals surface area contributed by atoms with Crippen LogP contribution in [0.2, 0.25) is 0 Å². The smallest absolute Gasteiger partial charge is 0.416 e. The first-order chi connectivity index (χ1) is 23.1. The number of carbonyl (C=O) groups excluding carboxylic acids is 1. The van der Waals surface area contributed by atoms with Crippen LogP contribution in [-0.2, 0) is 31.1 Å². The zero-order chi connectivity index (χ0) is 36.1. The van der Waals surface area contributed by atoms with Gasteiger partial charge in [0.2, 0.25) is 0 Å². The van der Waals surface area contributed by atoms with Crippen LogP contribution in [-0.4, -0.2) is 15.9 Å². The van der Waals surface area contributed by atoms with E-state index in [1.54, 1.807) is 12.3 Å². The number of allylic oxidation sites excluding steroid dienone is 2. The fraction of sp³-hybridized carbons (Fsp3) is 0.349. The second-order valence-electron chi connectivity index (χ2n) is 13.5. The Bertz CT molecular complexity index is 1950. The van der Waals surface area contributed by atoms with E-state index in [2.05, 4.69) is 11.1 Å². The molecule has 0 unspecified atom stereocenters. The number of hydrogen-bond acceptors (Lipinski definition) is 3. The van der Waals surface area contributed by atoms with E-state index < -0.39 is 11.7 Å². The number of benzene rings is 4. The fourth-order valence-electron chi connectivity index (χ4n) is 6.04. The molecule has 1 aromatic heterocycles. The van der Waals surface area contributed by atoms with Crippen molar-refractivity contribution in [2.24, 2.45) is 10.8 Å². The number of fused-ring (bicyclic) bond motifs is 3. The number of carbonyl (C=O) groups is 1. The van der Waals surface area contributed by atoms with Crippen LogP contribution >= 0.6 is 0 Å². The SMILES string of the molecule is CCC(C)(CC)C(=O)/C=C(\O)C(C)(CC)CC.Cc1[c-]c(-c2nccc3cc(-c4ccccc4)c4cc(C(F)(F)F)ccc4c23)cc(C)c1.[Ir]. The zero-order valence-corrected chi connectivity index (χ0v) is 32.6. The molecule has 1 heterocycles. The van der Waals surface area contributed by atoms with Crippen molar-refractivity contribution in [3.05, 3.63) is 114 Å². The van der Waals surface area contributed by atoms with Crippen LogP contribution in [0.15, 0.2) is 90.8 Å². The molecule has 267 valence electrons. The minimum atomic E-state index is -4.42. The van der Waals surface area contributed by atoms with Gasteiger partial charge in [-0.25, -0.2) is 0 Å². The van der Waals surface area contributed by atoms with Gasteiger partial charge in [0.25, 0.3) is 0 Å². The molecule has 0 aliphatic rings. The summed E-state index contributed by atoms with van der Waals surface area (Å²) < 4.78 is 40.7. The van der Waals surface area contributed by atoms with E-state index in [4.69, 9.17) is 0 Å². The Hall–Kier alpha value is -3.80. The van der Waals surface area contributed by atoms with E-state index in [0.29, 0.717) is 5.39 Å². The Balaban J connectivity index is 0.000000323. The van der Waals surface area contributed by atoms with Crippen molar-refractivity contribution in [1.29, 1.82) is 0 Å². The maximum Gasteiger partial charge on any atom is 0.416 e. The minimum absolute atomic E-state index is 0. The summed E-state index contributed by atoms with van der Waals surface area (Å²) in [6, 6.07) is 24.8. The average Bonchev–Trinajstić information content (AvgIpc) is 3.09. The largest absolute Gasteiger partial charge is 0.512 e. The van der Waals surface area contributed by atoms with Gasteiger partial charge in [0.15, 0.2) is 5.78 Å². The predicted octanol–water partition coefficient (Wildman–Crippen LogP) is 12.8. The number of halogens is 3. The van der Waals surface area contributed by atoms with Gasteiger partial charge >= 0.3 is 6.18 Å². The molecule has 0 amide bonds. The first kappa shape index (κ1) is 40.6. The van der Waals surface area contributed by atoms with Crippen LogP contribution < -0.4 is 0 Å². The van der Waals surface area contributed by atoms with Gasteiger partial charge < -0.3 is 10.1 Å². The molecule has 0 fully saturated rings. The second kappa shape index (κ2) is 16.5. The Kier molecular flexibility index (Phi) is 13.4. The van der Waals surface area contributed by atoms with E-state index in [9.17, 15) is 23.1 Å². The number of alkyl halides is 3. The van der Waals surface area contributed by atoms with Gasteiger partial charge in [-0.1, -0.05) is 91.8 Å². The molecule has 0 aliphatic carbocycles. The molecule has 0 saturated carbocycles. The van der Waals surface area contributed by atoms with Crippen LogP contribution in [0.5, 0.6) is 0 Å². The third kappa shape index (κ3) is 8.73. The number of aliphatic hydroxyl groups excluding tert-OH is 1. The van der Waals surface area contributed by atoms with Gasteiger partial charge in [0.1, 0.15) is 5.76 Å². The number of hydrogen-bond donors (Lipinski definition) is 1. The van der Waals surface area contributed by atoms with Crippen molar-refractivity contribution in [2.45, 2.75) is 87.2 Å². The standard InChI is InChI=1S/C28H19F3N.C15H28O2.Ir/c1-17-12-18(2)14-21(13-17)27-26-20(10-11-32-27)15-24(19-6-4-3-5-7-19)25-16-22(28(29,30)31)8-9-23(25)26;1-7-14(5,8-2)12(16)11-13(17)15(6,9-3)10-4;/h3-13,15-16H,1-2H3;11,16H,7-10H2,1-6H3;/q-1;;/b;12-11-;. The topological polar surface area (TPSA) is 50.2 Å². The Morgan fingerprint density at radius 1 is 0.820 bits per heavy atom. The quantitative estimate of drug-likeness (QED) is 0.0695. The number of ketones is 1. The molecule has 5 aromatic rings. The summed E-state index contributed by atoms with van der Waals surface area (Å²) in [5.41, 5.74) is 4.00. The van der Waals surface area contributed by atoms with Gasteiger partial charge in [0.05, 0.1) is 5.56 Å². The molecular weight excluding hydrogens is 812 g/mol. The van der Waals surface area contributed by atoms with Crippen molar-refractivity contribution < 1.29 is 43.2 Å². The molecule has 1 radical (unpaired) electrons. The molecule has 0 atom stereocenters. The van der Waals surface area contributed by atoms with E-state index in [1.807, 2.05) is 110 Å². The fourth-order valence-corrected chi connectivity index (χ4v) is 6.04. The van der Waals surface area contributed by atoms with Gasteiger partial charge in [-0.2, -0.15) is 13.2 Å². The number of aliphatic hydroxyl groups is 1. The maximum atomic E-state index is 13.6. The van der Waals surface area contributed by atoms with E-state index >= 15 is 0 Å². The van der Waals surface area contributed by atoms with Gasteiger partial charge in [0, 0.05) is 43.2 Å². The minimum Gasteiger partial charge on any atom is -0.512 e. The Morgan fingerprint density at radius 3 is 2.00 bits per heavy atom. The van der Waals surface area contributed by atoms with Crippen LogP contribution in [0.3, 0.4) is 0 Å². The van der Waals surface area contributed by atoms with Gasteiger partial charge in [-0.3, -0.25) is 4.79 Å². The summed E-state index contributed by atoms with van der Waals surface area (Å²) in [7, 11) is 0. The summed E-state index contributed by atoms with van der Waals surface area (Å²) in [6.07, 6.45) is 2.08. The van der Waals surface area contributed by atoms with Crippen molar-refractivity contribution in [2.75, 3.05) is 0 Å². The average molecular weight is 859 g/mol. The van der Waals surface area contributed by atoms with E-state index in [0.717, 1.165) is 81.4 Å². The monoisotopic (exact) mass is 859 g/mol. The normalized spacial score (nSPS) is 12.3. The molecule has 0 spiro atoms. The Morgan fingerprint density at radius 2 is 1.44 bits per heavy atom. The summed E-state index contributed by atoms with van der Waals surface area (Å²) in [5.74, 6) is 0.286. The van der Waals surface area contributed by atoms with Crippen LogP contribution in [0.4, 0.5) is 13.2 Å². The zero-order valence-electron chi connectivity index (χ0n) is 30.2. The molecule has 0 aliphatic heterocycles. The van der Waals surface area contributed by atoms with E-state index in [1.165, 1.54) is 12.1 Å². The summed E-state index contributed by atoms with van der Waals surface area (Å²) in [4.78, 5) is 16.8. The van der Waals surface area contributed by atoms with Crippen molar-refractivity contribution >= 4 is 27.3 Å². The van der Waals surface area contributed by atoms with Crippen molar-refractivity contribution in [3.8, 4) is 22.4 Å². The number of rotatable bonds is 9. The number of pyridine rings is 1. The Labute approximate surface area is 308 Å². The van der Waals surface area contributed by atoms with Crippen LogP contribution in [0.1, 0.15) is 83.9 Å². The number of aromatic nitrogens is 1. The van der Waals surface area contributed by atoms with E-state index in [-0.39, 0.29) is 42.5 Å². The molecular formula is C43H47F3IrNO2-. The third-order valence-electron chi connectivity index (χ3n) is 10.3. The molecule has 0 saturated heterocycles. The molecule has 50 heavy (non-hydrogen) atoms. The maximum absolute atomic E-state index is 13.6. The first-order valence-electron chi connectivity index (χ1n) is 17.0. The van der Waals surface area contributed by atoms with Gasteiger partial charge in [-0.05, 0) is 88.3 Å². The molecule has 7 heteroatoms. The predicted molar refractivity (Wildman–Crippen MR) is 197 cm³/mol. The second-order valence-corrected chi connectivity index (χ2v) is 13.5. The molecule has 3 nitrogen and oxygen atoms in total. The van der Waals surface area contributed by atoms with Gasteiger partial charge in [-0.15, -0.1) is 34.9 Å². The van der Waals surface area contributed by atoms with Crippen molar-refractivity contribution in [1.82, 2.24) is 4.98 Å². The number of aryl methyl sites for hydroxylation is 2. The summed E-state index contributed by atoms with van der Waals surface area (Å²) >= 11 is 0.